The lowest BCUT2D eigenvalue weighted by molar-refractivity contribution is -0.185. The summed E-state index contributed by atoms with van der Waals surface area (Å²) in [5, 5.41) is 11.0. The van der Waals surface area contributed by atoms with E-state index in [2.05, 4.69) is 6.58 Å². The van der Waals surface area contributed by atoms with Crippen LogP contribution in [0.15, 0.2) is 12.2 Å². The summed E-state index contributed by atoms with van der Waals surface area (Å²) in [5.41, 5.74) is -2.97. The summed E-state index contributed by atoms with van der Waals surface area (Å²) < 4.78 is 17.5. The predicted molar refractivity (Wildman–Crippen MR) is 104 cm³/mol. The summed E-state index contributed by atoms with van der Waals surface area (Å²) >= 11 is 0. The molecule has 0 spiro atoms. The van der Waals surface area contributed by atoms with Crippen molar-refractivity contribution in [3.8, 4) is 0 Å². The summed E-state index contributed by atoms with van der Waals surface area (Å²) in [6.07, 6.45) is 1.62. The molecule has 3 aliphatic rings. The first kappa shape index (κ1) is 22.0. The van der Waals surface area contributed by atoms with E-state index in [1.165, 1.54) is 6.92 Å². The van der Waals surface area contributed by atoms with Gasteiger partial charge < -0.3 is 19.3 Å². The molecule has 0 aromatic rings. The van der Waals surface area contributed by atoms with E-state index in [-0.39, 0.29) is 24.5 Å². The van der Waals surface area contributed by atoms with Crippen LogP contribution in [0.3, 0.4) is 0 Å². The standard InChI is InChI=1S/C22H32O7/c1-13-15-6-10-21(4,29-19(13)25)16(24)7-9-20(3,26)17-8-11-22(5,28-17)18(12-15)27-14(2)23/h15,17-18,26H,1,6-12H2,2-5H3/t15-,17-,18+,20-,21-,22-/m1/s1. The minimum atomic E-state index is -1.25. The van der Waals surface area contributed by atoms with Gasteiger partial charge in [-0.05, 0) is 65.2 Å². The number of hydrogen-bond donors (Lipinski definition) is 1. The number of aliphatic hydroxyl groups is 1. The Morgan fingerprint density at radius 3 is 2.52 bits per heavy atom. The summed E-state index contributed by atoms with van der Waals surface area (Å²) in [6.45, 7) is 10.4. The second-order valence-electron chi connectivity index (χ2n) is 9.45. The first-order chi connectivity index (χ1) is 13.4. The van der Waals surface area contributed by atoms with E-state index in [0.29, 0.717) is 37.7 Å². The van der Waals surface area contributed by atoms with Gasteiger partial charge in [-0.2, -0.15) is 0 Å². The molecule has 162 valence electrons. The van der Waals surface area contributed by atoms with Gasteiger partial charge in [0, 0.05) is 18.9 Å². The molecule has 0 amide bonds. The Labute approximate surface area is 171 Å². The van der Waals surface area contributed by atoms with Gasteiger partial charge in [0.1, 0.15) is 11.7 Å². The molecule has 3 aliphatic heterocycles. The van der Waals surface area contributed by atoms with Crippen LogP contribution in [-0.4, -0.2) is 51.8 Å². The van der Waals surface area contributed by atoms with E-state index >= 15 is 0 Å². The van der Waals surface area contributed by atoms with Crippen molar-refractivity contribution < 1.29 is 33.7 Å². The maximum atomic E-state index is 12.9. The average Bonchev–Trinajstić information content (AvgIpc) is 3.00. The predicted octanol–water partition coefficient (Wildman–Crippen LogP) is 2.63. The van der Waals surface area contributed by atoms with Crippen LogP contribution in [0.4, 0.5) is 0 Å². The van der Waals surface area contributed by atoms with Crippen molar-refractivity contribution in [2.45, 2.75) is 102 Å². The summed E-state index contributed by atoms with van der Waals surface area (Å²) in [4.78, 5) is 37.4. The molecule has 0 radical (unpaired) electrons. The Bertz CT molecular complexity index is 727. The van der Waals surface area contributed by atoms with Gasteiger partial charge in [0.2, 0.25) is 0 Å². The van der Waals surface area contributed by atoms with Crippen molar-refractivity contribution >= 4 is 17.7 Å². The molecule has 0 aliphatic carbocycles. The lowest BCUT2D eigenvalue weighted by atomic mass is 9.80. The molecule has 0 aromatic carbocycles. The molecule has 7 heteroatoms. The molecule has 3 fully saturated rings. The van der Waals surface area contributed by atoms with Crippen molar-refractivity contribution in [2.24, 2.45) is 5.92 Å². The summed E-state index contributed by atoms with van der Waals surface area (Å²) in [7, 11) is 0. The van der Waals surface area contributed by atoms with Gasteiger partial charge in [-0.15, -0.1) is 0 Å². The van der Waals surface area contributed by atoms with E-state index in [4.69, 9.17) is 14.2 Å². The van der Waals surface area contributed by atoms with Crippen LogP contribution < -0.4 is 0 Å². The fourth-order valence-corrected chi connectivity index (χ4v) is 4.78. The van der Waals surface area contributed by atoms with E-state index < -0.39 is 40.9 Å². The average molecular weight is 408 g/mol. The third kappa shape index (κ3) is 4.26. The second-order valence-corrected chi connectivity index (χ2v) is 9.45. The van der Waals surface area contributed by atoms with Crippen molar-refractivity contribution in [1.82, 2.24) is 0 Å². The molecule has 1 N–H and O–H groups in total. The summed E-state index contributed by atoms with van der Waals surface area (Å²) in [6, 6.07) is 0. The molecule has 3 rings (SSSR count). The second kappa shape index (κ2) is 7.51. The van der Waals surface area contributed by atoms with Crippen LogP contribution in [0, 0.1) is 5.92 Å². The van der Waals surface area contributed by atoms with Crippen molar-refractivity contribution in [3.63, 3.8) is 0 Å². The number of Topliss-reactive ketones (excluding diaryl/α,β-unsaturated/α-hetero) is 1. The highest BCUT2D eigenvalue weighted by atomic mass is 16.6. The van der Waals surface area contributed by atoms with Gasteiger partial charge in [0.05, 0.1) is 11.7 Å². The monoisotopic (exact) mass is 408 g/mol. The Hall–Kier alpha value is -1.73. The number of carbonyl (C=O) groups excluding carboxylic acids is 3. The van der Waals surface area contributed by atoms with Crippen LogP contribution in [0.2, 0.25) is 0 Å². The van der Waals surface area contributed by atoms with E-state index in [1.54, 1.807) is 13.8 Å². The first-order valence-corrected chi connectivity index (χ1v) is 10.4. The lowest BCUT2D eigenvalue weighted by Gasteiger charge is -2.37. The molecule has 0 unspecified atom stereocenters. The van der Waals surface area contributed by atoms with Crippen LogP contribution in [0.1, 0.15) is 72.6 Å². The van der Waals surface area contributed by atoms with Crippen molar-refractivity contribution in [3.05, 3.63) is 12.2 Å². The highest BCUT2D eigenvalue weighted by Gasteiger charge is 2.52. The van der Waals surface area contributed by atoms with Gasteiger partial charge >= 0.3 is 11.9 Å². The SMILES string of the molecule is C=C1C(=O)O[C@]2(C)CC[C@@H]1C[C@H](OC(C)=O)[C@@]1(C)CC[C@@H](O1)[C@](C)(O)CCC2=O. The molecule has 6 atom stereocenters. The van der Waals surface area contributed by atoms with E-state index in [0.717, 1.165) is 0 Å². The molecular weight excluding hydrogens is 376 g/mol. The number of ether oxygens (including phenoxy) is 3. The number of esters is 2. The van der Waals surface area contributed by atoms with Gasteiger partial charge in [-0.1, -0.05) is 6.58 Å². The largest absolute Gasteiger partial charge is 0.459 e. The minimum Gasteiger partial charge on any atom is -0.459 e. The topological polar surface area (TPSA) is 99.1 Å². The maximum absolute atomic E-state index is 12.9. The number of rotatable bonds is 1. The fraction of sp³-hybridized carbons (Fsp3) is 0.773. The van der Waals surface area contributed by atoms with Gasteiger partial charge in [-0.25, -0.2) is 4.79 Å². The molecule has 0 aromatic heterocycles. The van der Waals surface area contributed by atoms with Crippen LogP contribution in [0.5, 0.6) is 0 Å². The Morgan fingerprint density at radius 1 is 1.17 bits per heavy atom. The highest BCUT2D eigenvalue weighted by Crippen LogP contribution is 2.44. The van der Waals surface area contributed by atoms with Crippen LogP contribution in [-0.2, 0) is 28.6 Å². The van der Waals surface area contributed by atoms with E-state index in [1.807, 2.05) is 6.92 Å². The van der Waals surface area contributed by atoms with Gasteiger partial charge in [0.15, 0.2) is 11.4 Å². The molecule has 0 saturated carbocycles. The quantitative estimate of drug-likeness (QED) is 0.526. The third-order valence-corrected chi connectivity index (χ3v) is 6.99. The van der Waals surface area contributed by atoms with E-state index in [9.17, 15) is 19.5 Å². The van der Waals surface area contributed by atoms with Gasteiger partial charge in [-0.3, -0.25) is 9.59 Å². The third-order valence-electron chi connectivity index (χ3n) is 6.99. The number of ketones is 1. The smallest absolute Gasteiger partial charge is 0.334 e. The molecule has 3 heterocycles. The zero-order chi connectivity index (χ0) is 21.6. The molecule has 4 bridgehead atoms. The van der Waals surface area contributed by atoms with Crippen molar-refractivity contribution in [1.29, 1.82) is 0 Å². The molecular formula is C22H32O7. The Balaban J connectivity index is 2.02. The number of fused-ring (bicyclic) bond motifs is 5. The normalized spacial score (nSPS) is 43.6. The highest BCUT2D eigenvalue weighted by molar-refractivity contribution is 5.94. The van der Waals surface area contributed by atoms with Crippen LogP contribution in [0.25, 0.3) is 0 Å². The van der Waals surface area contributed by atoms with Gasteiger partial charge in [0.25, 0.3) is 0 Å². The molecule has 7 nitrogen and oxygen atoms in total. The Kier molecular flexibility index (Phi) is 5.69. The molecule has 29 heavy (non-hydrogen) atoms. The minimum absolute atomic E-state index is 0.0812. The lowest BCUT2D eigenvalue weighted by Crippen LogP contribution is -2.47. The van der Waals surface area contributed by atoms with Crippen molar-refractivity contribution in [2.75, 3.05) is 0 Å². The Morgan fingerprint density at radius 2 is 1.86 bits per heavy atom. The molecule has 3 saturated heterocycles. The summed E-state index contributed by atoms with van der Waals surface area (Å²) in [5.74, 6) is -1.52. The number of hydrogen-bond acceptors (Lipinski definition) is 7. The zero-order valence-corrected chi connectivity index (χ0v) is 17.8. The van der Waals surface area contributed by atoms with Crippen LogP contribution >= 0.6 is 0 Å². The maximum Gasteiger partial charge on any atom is 0.334 e. The number of carbonyl (C=O) groups is 3. The zero-order valence-electron chi connectivity index (χ0n) is 17.8. The fourth-order valence-electron chi connectivity index (χ4n) is 4.78. The first-order valence-electron chi connectivity index (χ1n) is 10.4.